The maximum Gasteiger partial charge on any atom is 0.270 e. The summed E-state index contributed by atoms with van der Waals surface area (Å²) in [5.41, 5.74) is 2.43. The Hall–Kier alpha value is -2.70. The number of thiocarbonyl (C=S) groups is 1. The first-order valence-electron chi connectivity index (χ1n) is 8.96. The maximum atomic E-state index is 13.0. The number of nitrogens with one attached hydrogen (secondary N) is 1. The summed E-state index contributed by atoms with van der Waals surface area (Å²) in [5.74, 6) is -0.975. The third-order valence-corrected chi connectivity index (χ3v) is 5.06. The van der Waals surface area contributed by atoms with Crippen molar-refractivity contribution >= 4 is 58.2 Å². The second-order valence-corrected chi connectivity index (χ2v) is 7.02. The summed E-state index contributed by atoms with van der Waals surface area (Å²) in [6.07, 6.45) is 1.58. The van der Waals surface area contributed by atoms with Crippen molar-refractivity contribution in [2.45, 2.75) is 13.8 Å². The Labute approximate surface area is 174 Å². The Bertz CT molecular complexity index is 935. The van der Waals surface area contributed by atoms with Gasteiger partial charge in [-0.05, 0) is 74.1 Å². The fraction of sp³-hybridized carbons (Fsp3) is 0.190. The molecule has 28 heavy (non-hydrogen) atoms. The molecule has 1 aliphatic heterocycles. The van der Waals surface area contributed by atoms with Gasteiger partial charge in [0, 0.05) is 23.8 Å². The molecule has 3 rings (SSSR count). The van der Waals surface area contributed by atoms with Gasteiger partial charge in [0.05, 0.1) is 5.69 Å². The number of benzene rings is 2. The van der Waals surface area contributed by atoms with Crippen molar-refractivity contribution < 1.29 is 9.59 Å². The molecule has 1 saturated heterocycles. The second-order valence-electron chi connectivity index (χ2n) is 6.20. The van der Waals surface area contributed by atoms with Crippen LogP contribution in [0, 0.1) is 0 Å². The highest BCUT2D eigenvalue weighted by Crippen LogP contribution is 2.24. The van der Waals surface area contributed by atoms with Crippen molar-refractivity contribution in [2.24, 2.45) is 0 Å². The van der Waals surface area contributed by atoms with Crippen LogP contribution in [0.4, 0.5) is 11.4 Å². The Morgan fingerprint density at radius 3 is 2.21 bits per heavy atom. The van der Waals surface area contributed by atoms with Gasteiger partial charge in [-0.2, -0.15) is 0 Å². The van der Waals surface area contributed by atoms with Gasteiger partial charge in [0.1, 0.15) is 5.57 Å². The SMILES string of the molecule is CCN(CC)c1ccc(/C=C2\C(=O)NC(=S)N(c3ccc(Cl)cc3)C2=O)cc1. The molecule has 0 atom stereocenters. The fourth-order valence-electron chi connectivity index (χ4n) is 3.02. The van der Waals surface area contributed by atoms with Crippen LogP contribution in [-0.4, -0.2) is 30.0 Å². The molecule has 1 aliphatic rings. The van der Waals surface area contributed by atoms with Crippen molar-refractivity contribution in [3.8, 4) is 0 Å². The average Bonchev–Trinajstić information content (AvgIpc) is 2.68. The van der Waals surface area contributed by atoms with Gasteiger partial charge in [0.15, 0.2) is 5.11 Å². The molecule has 0 bridgehead atoms. The first-order valence-corrected chi connectivity index (χ1v) is 9.75. The lowest BCUT2D eigenvalue weighted by atomic mass is 10.1. The summed E-state index contributed by atoms with van der Waals surface area (Å²) >= 11 is 11.1. The first-order chi connectivity index (χ1) is 13.4. The number of carbonyl (C=O) groups excluding carboxylic acids is 2. The molecular formula is C21H20ClN3O2S. The van der Waals surface area contributed by atoms with E-state index >= 15 is 0 Å². The van der Waals surface area contributed by atoms with Gasteiger partial charge >= 0.3 is 0 Å². The largest absolute Gasteiger partial charge is 0.372 e. The van der Waals surface area contributed by atoms with Crippen molar-refractivity contribution in [3.63, 3.8) is 0 Å². The van der Waals surface area contributed by atoms with E-state index in [0.29, 0.717) is 10.7 Å². The van der Waals surface area contributed by atoms with E-state index in [0.717, 1.165) is 24.3 Å². The van der Waals surface area contributed by atoms with Crippen LogP contribution in [0.1, 0.15) is 19.4 Å². The van der Waals surface area contributed by atoms with E-state index in [1.807, 2.05) is 24.3 Å². The van der Waals surface area contributed by atoms with E-state index in [1.165, 1.54) is 4.90 Å². The number of hydrogen-bond donors (Lipinski definition) is 1. The van der Waals surface area contributed by atoms with Crippen LogP contribution in [-0.2, 0) is 9.59 Å². The van der Waals surface area contributed by atoms with Crippen LogP contribution < -0.4 is 15.1 Å². The van der Waals surface area contributed by atoms with Crippen LogP contribution in [0.25, 0.3) is 6.08 Å². The van der Waals surface area contributed by atoms with Gasteiger partial charge in [-0.1, -0.05) is 23.7 Å². The summed E-state index contributed by atoms with van der Waals surface area (Å²) < 4.78 is 0. The van der Waals surface area contributed by atoms with Gasteiger partial charge in [-0.3, -0.25) is 19.8 Å². The number of nitrogens with zero attached hydrogens (tertiary/aromatic N) is 2. The molecular weight excluding hydrogens is 394 g/mol. The van der Waals surface area contributed by atoms with E-state index in [9.17, 15) is 9.59 Å². The Morgan fingerprint density at radius 1 is 1.04 bits per heavy atom. The fourth-order valence-corrected chi connectivity index (χ4v) is 3.43. The molecule has 144 valence electrons. The molecule has 0 aromatic heterocycles. The zero-order chi connectivity index (χ0) is 20.3. The van der Waals surface area contributed by atoms with E-state index in [4.69, 9.17) is 23.8 Å². The first kappa shape index (κ1) is 20.0. The van der Waals surface area contributed by atoms with Crippen LogP contribution in [0.15, 0.2) is 54.1 Å². The minimum Gasteiger partial charge on any atom is -0.372 e. The molecule has 1 fully saturated rings. The number of carbonyl (C=O) groups is 2. The third-order valence-electron chi connectivity index (χ3n) is 4.52. The predicted molar refractivity (Wildman–Crippen MR) is 118 cm³/mol. The molecule has 0 spiro atoms. The van der Waals surface area contributed by atoms with E-state index in [1.54, 1.807) is 30.3 Å². The van der Waals surface area contributed by atoms with Gasteiger partial charge < -0.3 is 4.90 Å². The van der Waals surface area contributed by atoms with Crippen molar-refractivity contribution in [1.82, 2.24) is 5.32 Å². The van der Waals surface area contributed by atoms with E-state index in [2.05, 4.69) is 24.1 Å². The second kappa shape index (κ2) is 8.54. The lowest BCUT2D eigenvalue weighted by molar-refractivity contribution is -0.122. The van der Waals surface area contributed by atoms with Crippen molar-refractivity contribution in [1.29, 1.82) is 0 Å². The summed E-state index contributed by atoms with van der Waals surface area (Å²) in [6.45, 7) is 6.01. The zero-order valence-electron chi connectivity index (χ0n) is 15.6. The summed E-state index contributed by atoms with van der Waals surface area (Å²) in [4.78, 5) is 28.9. The van der Waals surface area contributed by atoms with Gasteiger partial charge in [-0.15, -0.1) is 0 Å². The van der Waals surface area contributed by atoms with Crippen molar-refractivity contribution in [3.05, 3.63) is 64.7 Å². The molecule has 2 aromatic carbocycles. The molecule has 0 radical (unpaired) electrons. The molecule has 0 saturated carbocycles. The maximum absolute atomic E-state index is 13.0. The molecule has 0 aliphatic carbocycles. The molecule has 2 amide bonds. The lowest BCUT2D eigenvalue weighted by Crippen LogP contribution is -2.54. The Balaban J connectivity index is 1.91. The summed E-state index contributed by atoms with van der Waals surface area (Å²) in [7, 11) is 0. The summed E-state index contributed by atoms with van der Waals surface area (Å²) in [6, 6.07) is 14.4. The Kier molecular flexibility index (Phi) is 6.11. The van der Waals surface area contributed by atoms with Crippen LogP contribution >= 0.6 is 23.8 Å². The van der Waals surface area contributed by atoms with E-state index < -0.39 is 11.8 Å². The summed E-state index contributed by atoms with van der Waals surface area (Å²) in [5, 5.41) is 3.18. The van der Waals surface area contributed by atoms with Crippen LogP contribution in [0.3, 0.4) is 0 Å². The standard InChI is InChI=1S/C21H20ClN3O2S/c1-3-24(4-2)16-9-5-14(6-10-16)13-18-19(26)23-21(28)25(20(18)27)17-11-7-15(22)8-12-17/h5-13H,3-4H2,1-2H3,(H,23,26,28)/b18-13+. The molecule has 5 nitrogen and oxygen atoms in total. The predicted octanol–water partition coefficient (Wildman–Crippen LogP) is 4.02. The van der Waals surface area contributed by atoms with Gasteiger partial charge in [0.2, 0.25) is 0 Å². The number of halogens is 1. The minimum atomic E-state index is -0.506. The highest BCUT2D eigenvalue weighted by Gasteiger charge is 2.34. The topological polar surface area (TPSA) is 52.7 Å². The normalized spacial score (nSPS) is 15.8. The van der Waals surface area contributed by atoms with Crippen LogP contribution in [0.5, 0.6) is 0 Å². The monoisotopic (exact) mass is 413 g/mol. The minimum absolute atomic E-state index is 0.0270. The molecule has 0 unspecified atom stereocenters. The quantitative estimate of drug-likeness (QED) is 0.457. The molecule has 1 heterocycles. The average molecular weight is 414 g/mol. The zero-order valence-corrected chi connectivity index (χ0v) is 17.2. The smallest absolute Gasteiger partial charge is 0.270 e. The lowest BCUT2D eigenvalue weighted by Gasteiger charge is -2.29. The number of anilines is 2. The van der Waals surface area contributed by atoms with Crippen LogP contribution in [0.2, 0.25) is 5.02 Å². The van der Waals surface area contributed by atoms with Gasteiger partial charge in [0.25, 0.3) is 11.8 Å². The van der Waals surface area contributed by atoms with E-state index in [-0.39, 0.29) is 10.7 Å². The number of hydrogen-bond acceptors (Lipinski definition) is 4. The highest BCUT2D eigenvalue weighted by molar-refractivity contribution is 7.80. The number of rotatable bonds is 5. The third kappa shape index (κ3) is 4.08. The van der Waals surface area contributed by atoms with Gasteiger partial charge in [-0.25, -0.2) is 0 Å². The molecule has 2 aromatic rings. The highest BCUT2D eigenvalue weighted by atomic mass is 35.5. The number of amides is 2. The Morgan fingerprint density at radius 2 is 1.64 bits per heavy atom. The molecule has 1 N–H and O–H groups in total. The van der Waals surface area contributed by atoms with Crippen molar-refractivity contribution in [2.75, 3.05) is 22.9 Å². The molecule has 7 heteroatoms.